The smallest absolute Gasteiger partial charge is 0.227 e. The van der Waals surface area contributed by atoms with Crippen LogP contribution in [0.1, 0.15) is 31.9 Å². The standard InChI is InChI=1S/C27H30N8OS/c1-3-34-13-20-8-19(34)14-35(20)27-30-16(2)6-25(33-27)32-24-9-22-23(12-29-24)37-26(31-22)18-7-21(11-28-10-18)36-15-17-4-5-17/h6-7,9-12,17,19-20H,3-5,8,13-15H2,1-2H3,(H,29,30,32,33)/t19-,20-/m0/s1. The molecule has 0 unspecified atom stereocenters. The van der Waals surface area contributed by atoms with Crippen molar-refractivity contribution in [3.63, 3.8) is 0 Å². The van der Waals surface area contributed by atoms with Crippen molar-refractivity contribution in [1.29, 1.82) is 0 Å². The normalized spacial score (nSPS) is 21.2. The van der Waals surface area contributed by atoms with Gasteiger partial charge in [0.2, 0.25) is 5.95 Å². The van der Waals surface area contributed by atoms with E-state index in [-0.39, 0.29) is 0 Å². The highest BCUT2D eigenvalue weighted by atomic mass is 32.1. The maximum atomic E-state index is 5.91. The maximum Gasteiger partial charge on any atom is 0.227 e. The largest absolute Gasteiger partial charge is 0.492 e. The quantitative estimate of drug-likeness (QED) is 0.360. The molecule has 7 rings (SSSR count). The van der Waals surface area contributed by atoms with Crippen molar-refractivity contribution in [2.75, 3.05) is 36.5 Å². The highest BCUT2D eigenvalue weighted by molar-refractivity contribution is 7.21. The monoisotopic (exact) mass is 514 g/mol. The molecule has 4 aromatic rings. The molecule has 2 aliphatic heterocycles. The average molecular weight is 515 g/mol. The van der Waals surface area contributed by atoms with Crippen LogP contribution in [-0.4, -0.2) is 68.1 Å². The number of nitrogens with zero attached hydrogens (tertiary/aromatic N) is 7. The van der Waals surface area contributed by atoms with E-state index in [1.165, 1.54) is 19.3 Å². The molecule has 0 radical (unpaired) electrons. The van der Waals surface area contributed by atoms with Crippen LogP contribution in [0.4, 0.5) is 17.6 Å². The van der Waals surface area contributed by atoms with Crippen molar-refractivity contribution in [3.05, 3.63) is 42.5 Å². The molecular formula is C27H30N8OS. The zero-order valence-electron chi connectivity index (χ0n) is 21.1. The number of fused-ring (bicyclic) bond motifs is 3. The summed E-state index contributed by atoms with van der Waals surface area (Å²) in [6.45, 7) is 8.22. The number of aromatic nitrogens is 5. The number of rotatable bonds is 8. The predicted molar refractivity (Wildman–Crippen MR) is 146 cm³/mol. The molecule has 3 aliphatic rings. The topological polar surface area (TPSA) is 92.2 Å². The minimum atomic E-state index is 0.495. The first kappa shape index (κ1) is 22.8. The van der Waals surface area contributed by atoms with E-state index < -0.39 is 0 Å². The van der Waals surface area contributed by atoms with Crippen LogP contribution in [0.5, 0.6) is 5.75 Å². The van der Waals surface area contributed by atoms with Crippen molar-refractivity contribution in [2.45, 2.75) is 45.2 Å². The third-order valence-electron chi connectivity index (χ3n) is 7.53. The van der Waals surface area contributed by atoms with E-state index >= 15 is 0 Å². The molecule has 1 N–H and O–H groups in total. The Bertz CT molecular complexity index is 1450. The van der Waals surface area contributed by atoms with Gasteiger partial charge in [-0.1, -0.05) is 6.92 Å². The lowest BCUT2D eigenvalue weighted by Gasteiger charge is -2.33. The molecule has 4 aromatic heterocycles. The highest BCUT2D eigenvalue weighted by Gasteiger charge is 2.43. The molecule has 3 fully saturated rings. The molecule has 10 heteroatoms. The molecule has 190 valence electrons. The van der Waals surface area contributed by atoms with Gasteiger partial charge in [0.1, 0.15) is 22.4 Å². The molecule has 2 atom stereocenters. The van der Waals surface area contributed by atoms with Gasteiger partial charge in [-0.25, -0.2) is 15.0 Å². The minimum Gasteiger partial charge on any atom is -0.492 e. The zero-order chi connectivity index (χ0) is 24.9. The number of nitrogens with one attached hydrogen (secondary N) is 1. The fraction of sp³-hybridized carbons (Fsp3) is 0.444. The number of pyridine rings is 2. The zero-order valence-corrected chi connectivity index (χ0v) is 21.9. The number of hydrogen-bond acceptors (Lipinski definition) is 10. The second-order valence-electron chi connectivity index (χ2n) is 10.3. The van der Waals surface area contributed by atoms with Crippen LogP contribution < -0.4 is 15.0 Å². The molecule has 0 spiro atoms. The summed E-state index contributed by atoms with van der Waals surface area (Å²) in [4.78, 5) is 28.4. The summed E-state index contributed by atoms with van der Waals surface area (Å²) in [5.74, 6) is 3.78. The summed E-state index contributed by atoms with van der Waals surface area (Å²) in [7, 11) is 0. The fourth-order valence-corrected chi connectivity index (χ4v) is 6.29. The SMILES string of the molecule is CCN1C[C@@H]2C[C@H]1CN2c1nc(C)cc(Nc2cc3nc(-c4cncc(OCC5CC5)c4)sc3cn2)n1. The van der Waals surface area contributed by atoms with Gasteiger partial charge in [-0.3, -0.25) is 9.88 Å². The first-order valence-electron chi connectivity index (χ1n) is 13.1. The van der Waals surface area contributed by atoms with Gasteiger partial charge in [0, 0.05) is 61.0 Å². The van der Waals surface area contributed by atoms with Crippen LogP contribution >= 0.6 is 11.3 Å². The Balaban J connectivity index is 1.10. The van der Waals surface area contributed by atoms with Gasteiger partial charge in [0.15, 0.2) is 0 Å². The minimum absolute atomic E-state index is 0.495. The molecule has 1 saturated carbocycles. The van der Waals surface area contributed by atoms with E-state index in [0.717, 1.165) is 70.2 Å². The van der Waals surface area contributed by atoms with Crippen molar-refractivity contribution < 1.29 is 4.74 Å². The Morgan fingerprint density at radius 3 is 2.76 bits per heavy atom. The molecule has 2 saturated heterocycles. The summed E-state index contributed by atoms with van der Waals surface area (Å²) in [5.41, 5.74) is 2.79. The van der Waals surface area contributed by atoms with Gasteiger partial charge in [-0.05, 0) is 44.7 Å². The number of anilines is 3. The lowest BCUT2D eigenvalue weighted by atomic mass is 10.2. The van der Waals surface area contributed by atoms with Gasteiger partial charge in [-0.2, -0.15) is 4.98 Å². The molecule has 6 heterocycles. The number of likely N-dealkylation sites (tertiary alicyclic amines) is 1. The van der Waals surface area contributed by atoms with Crippen LogP contribution in [0.25, 0.3) is 20.8 Å². The Hall–Kier alpha value is -3.37. The summed E-state index contributed by atoms with van der Waals surface area (Å²) >= 11 is 1.61. The molecule has 2 bridgehead atoms. The highest BCUT2D eigenvalue weighted by Crippen LogP contribution is 2.35. The van der Waals surface area contributed by atoms with Crippen LogP contribution in [-0.2, 0) is 0 Å². The fourth-order valence-electron chi connectivity index (χ4n) is 5.40. The number of hydrogen-bond donors (Lipinski definition) is 1. The lowest BCUT2D eigenvalue weighted by molar-refractivity contribution is 0.250. The Morgan fingerprint density at radius 1 is 1.03 bits per heavy atom. The van der Waals surface area contributed by atoms with Crippen molar-refractivity contribution >= 4 is 39.1 Å². The number of piperazine rings is 1. The molecular weight excluding hydrogens is 484 g/mol. The third kappa shape index (κ3) is 4.59. The molecule has 0 amide bonds. The van der Waals surface area contributed by atoms with Crippen LogP contribution in [0.3, 0.4) is 0 Å². The number of ether oxygens (including phenoxy) is 1. The number of likely N-dealkylation sites (N-methyl/N-ethyl adjacent to an activating group) is 1. The van der Waals surface area contributed by atoms with Crippen LogP contribution in [0, 0.1) is 12.8 Å². The summed E-state index contributed by atoms with van der Waals surface area (Å²) < 4.78 is 6.93. The Kier molecular flexibility index (Phi) is 5.66. The van der Waals surface area contributed by atoms with Crippen molar-refractivity contribution in [2.24, 2.45) is 5.92 Å². The van der Waals surface area contributed by atoms with E-state index in [1.54, 1.807) is 17.5 Å². The maximum absolute atomic E-state index is 5.91. The van der Waals surface area contributed by atoms with Gasteiger partial charge in [-0.15, -0.1) is 11.3 Å². The Labute approximate surface area is 220 Å². The number of thiazole rings is 1. The van der Waals surface area contributed by atoms with Gasteiger partial charge < -0.3 is 15.0 Å². The average Bonchev–Trinajstić information content (AvgIpc) is 3.30. The Morgan fingerprint density at radius 2 is 1.95 bits per heavy atom. The van der Waals surface area contributed by atoms with E-state index in [0.29, 0.717) is 23.8 Å². The van der Waals surface area contributed by atoms with Gasteiger partial charge >= 0.3 is 0 Å². The summed E-state index contributed by atoms with van der Waals surface area (Å²) in [6.07, 6.45) is 9.21. The second kappa shape index (κ2) is 9.18. The lowest BCUT2D eigenvalue weighted by Crippen LogP contribution is -2.46. The van der Waals surface area contributed by atoms with Crippen molar-refractivity contribution in [3.8, 4) is 16.3 Å². The van der Waals surface area contributed by atoms with Crippen molar-refractivity contribution in [1.82, 2.24) is 29.8 Å². The van der Waals surface area contributed by atoms with E-state index in [1.807, 2.05) is 37.5 Å². The predicted octanol–water partition coefficient (Wildman–Crippen LogP) is 4.67. The van der Waals surface area contributed by atoms with Gasteiger partial charge in [0.25, 0.3) is 0 Å². The molecule has 37 heavy (non-hydrogen) atoms. The molecule has 0 aromatic carbocycles. The summed E-state index contributed by atoms with van der Waals surface area (Å²) in [6, 6.07) is 7.07. The first-order chi connectivity index (χ1) is 18.1. The molecule has 1 aliphatic carbocycles. The van der Waals surface area contributed by atoms with E-state index in [9.17, 15) is 0 Å². The van der Waals surface area contributed by atoms with E-state index in [2.05, 4.69) is 32.0 Å². The summed E-state index contributed by atoms with van der Waals surface area (Å²) in [5, 5.41) is 4.30. The third-order valence-corrected chi connectivity index (χ3v) is 8.59. The van der Waals surface area contributed by atoms with Crippen LogP contribution in [0.2, 0.25) is 0 Å². The van der Waals surface area contributed by atoms with E-state index in [4.69, 9.17) is 19.7 Å². The van der Waals surface area contributed by atoms with Crippen LogP contribution in [0.15, 0.2) is 36.8 Å². The second-order valence-corrected chi connectivity index (χ2v) is 11.4. The molecule has 9 nitrogen and oxygen atoms in total. The van der Waals surface area contributed by atoms with Gasteiger partial charge in [0.05, 0.1) is 23.0 Å². The first-order valence-corrected chi connectivity index (χ1v) is 13.9. The number of aryl methyl sites for hydroxylation is 1.